The molecule has 0 heterocycles. The first kappa shape index (κ1) is 9.51. The van der Waals surface area contributed by atoms with Crippen molar-refractivity contribution in [3.8, 4) is 0 Å². The monoisotopic (exact) mass is 186 g/mol. The SMILES string of the molecule is CCC(C)(C)C1C=Cc2ccccc21. The Hall–Kier alpha value is -1.04. The molecular weight excluding hydrogens is 168 g/mol. The summed E-state index contributed by atoms with van der Waals surface area (Å²) < 4.78 is 0. The topological polar surface area (TPSA) is 0 Å². The van der Waals surface area contributed by atoms with Crippen molar-refractivity contribution in [1.29, 1.82) is 0 Å². The van der Waals surface area contributed by atoms with Gasteiger partial charge in [0.1, 0.15) is 0 Å². The summed E-state index contributed by atoms with van der Waals surface area (Å²) in [6.07, 6.45) is 5.84. The van der Waals surface area contributed by atoms with Crippen LogP contribution in [0.1, 0.15) is 44.2 Å². The van der Waals surface area contributed by atoms with Crippen molar-refractivity contribution in [1.82, 2.24) is 0 Å². The van der Waals surface area contributed by atoms with E-state index in [1.165, 1.54) is 17.5 Å². The van der Waals surface area contributed by atoms with Gasteiger partial charge in [0, 0.05) is 5.92 Å². The number of fused-ring (bicyclic) bond motifs is 1. The number of hydrogen-bond acceptors (Lipinski definition) is 0. The molecule has 0 fully saturated rings. The molecule has 1 atom stereocenters. The number of benzene rings is 1. The van der Waals surface area contributed by atoms with Gasteiger partial charge in [0.2, 0.25) is 0 Å². The van der Waals surface area contributed by atoms with Crippen LogP contribution in [-0.4, -0.2) is 0 Å². The molecule has 1 aromatic carbocycles. The molecule has 14 heavy (non-hydrogen) atoms. The van der Waals surface area contributed by atoms with Gasteiger partial charge in [0.25, 0.3) is 0 Å². The van der Waals surface area contributed by atoms with Gasteiger partial charge in [-0.3, -0.25) is 0 Å². The molecule has 0 nitrogen and oxygen atoms in total. The Bertz CT molecular complexity index is 358. The number of rotatable bonds is 2. The minimum absolute atomic E-state index is 0.378. The van der Waals surface area contributed by atoms with Crippen LogP contribution >= 0.6 is 0 Å². The van der Waals surface area contributed by atoms with Gasteiger partial charge in [-0.25, -0.2) is 0 Å². The Morgan fingerprint density at radius 3 is 2.64 bits per heavy atom. The lowest BCUT2D eigenvalue weighted by Gasteiger charge is -2.30. The van der Waals surface area contributed by atoms with Crippen molar-refractivity contribution in [2.24, 2.45) is 5.41 Å². The first-order chi connectivity index (χ1) is 6.65. The molecule has 0 saturated carbocycles. The maximum Gasteiger partial charge on any atom is 0.00783 e. The molecule has 1 aliphatic carbocycles. The second-order valence-corrected chi connectivity index (χ2v) is 4.81. The smallest absolute Gasteiger partial charge is 0.00783 e. The summed E-state index contributed by atoms with van der Waals surface area (Å²) in [5, 5.41) is 0. The largest absolute Gasteiger partial charge is 0.0758 e. The Kier molecular flexibility index (Phi) is 2.22. The molecule has 74 valence electrons. The van der Waals surface area contributed by atoms with E-state index in [0.717, 1.165) is 0 Å². The highest BCUT2D eigenvalue weighted by atomic mass is 14.3. The maximum absolute atomic E-state index is 2.36. The van der Waals surface area contributed by atoms with E-state index < -0.39 is 0 Å². The van der Waals surface area contributed by atoms with Gasteiger partial charge in [-0.2, -0.15) is 0 Å². The van der Waals surface area contributed by atoms with Crippen LogP contribution in [0.25, 0.3) is 6.08 Å². The second kappa shape index (κ2) is 3.27. The lowest BCUT2D eigenvalue weighted by Crippen LogP contribution is -2.18. The van der Waals surface area contributed by atoms with E-state index in [9.17, 15) is 0 Å². The van der Waals surface area contributed by atoms with E-state index in [2.05, 4.69) is 57.2 Å². The third-order valence-corrected chi connectivity index (χ3v) is 3.55. The Morgan fingerprint density at radius 1 is 1.21 bits per heavy atom. The highest BCUT2D eigenvalue weighted by Crippen LogP contribution is 2.44. The lowest BCUT2D eigenvalue weighted by atomic mass is 9.74. The van der Waals surface area contributed by atoms with Crippen LogP contribution in [0.2, 0.25) is 0 Å². The third-order valence-electron chi connectivity index (χ3n) is 3.55. The second-order valence-electron chi connectivity index (χ2n) is 4.81. The van der Waals surface area contributed by atoms with E-state index in [1.54, 1.807) is 0 Å². The molecule has 0 aromatic heterocycles. The molecule has 0 heteroatoms. The van der Waals surface area contributed by atoms with Crippen molar-refractivity contribution < 1.29 is 0 Å². The van der Waals surface area contributed by atoms with Crippen molar-refractivity contribution >= 4 is 6.08 Å². The molecule has 0 bridgehead atoms. The highest BCUT2D eigenvalue weighted by Gasteiger charge is 2.30. The van der Waals surface area contributed by atoms with Crippen LogP contribution in [0.15, 0.2) is 30.3 Å². The quantitative estimate of drug-likeness (QED) is 0.648. The van der Waals surface area contributed by atoms with Crippen molar-refractivity contribution in [2.45, 2.75) is 33.1 Å². The minimum Gasteiger partial charge on any atom is -0.0758 e. The van der Waals surface area contributed by atoms with Crippen LogP contribution in [0.3, 0.4) is 0 Å². The molecule has 1 aromatic rings. The van der Waals surface area contributed by atoms with Gasteiger partial charge in [-0.05, 0) is 16.5 Å². The van der Waals surface area contributed by atoms with Crippen LogP contribution in [-0.2, 0) is 0 Å². The predicted octanol–water partition coefficient (Wildman–Crippen LogP) is 4.23. The molecular formula is C14H18. The lowest BCUT2D eigenvalue weighted by molar-refractivity contribution is 0.314. The van der Waals surface area contributed by atoms with E-state index in [4.69, 9.17) is 0 Å². The summed E-state index contributed by atoms with van der Waals surface area (Å²) in [7, 11) is 0. The van der Waals surface area contributed by atoms with Gasteiger partial charge in [0.15, 0.2) is 0 Å². The zero-order valence-electron chi connectivity index (χ0n) is 9.25. The van der Waals surface area contributed by atoms with Crippen LogP contribution in [0.5, 0.6) is 0 Å². The van der Waals surface area contributed by atoms with Crippen molar-refractivity contribution in [2.75, 3.05) is 0 Å². The van der Waals surface area contributed by atoms with Crippen LogP contribution in [0, 0.1) is 5.41 Å². The van der Waals surface area contributed by atoms with Crippen LogP contribution < -0.4 is 0 Å². The van der Waals surface area contributed by atoms with Crippen LogP contribution in [0.4, 0.5) is 0 Å². The molecule has 0 spiro atoms. The highest BCUT2D eigenvalue weighted by molar-refractivity contribution is 5.62. The molecule has 2 rings (SSSR count). The molecule has 1 aliphatic rings. The number of allylic oxidation sites excluding steroid dienone is 1. The van der Waals surface area contributed by atoms with Gasteiger partial charge in [0.05, 0.1) is 0 Å². The number of hydrogen-bond donors (Lipinski definition) is 0. The summed E-state index contributed by atoms with van der Waals surface area (Å²) >= 11 is 0. The molecule has 1 unspecified atom stereocenters. The van der Waals surface area contributed by atoms with E-state index in [0.29, 0.717) is 11.3 Å². The zero-order chi connectivity index (χ0) is 10.2. The zero-order valence-corrected chi connectivity index (χ0v) is 9.25. The Morgan fingerprint density at radius 2 is 1.93 bits per heavy atom. The summed E-state index contributed by atoms with van der Waals surface area (Å²) in [4.78, 5) is 0. The molecule has 0 saturated heterocycles. The summed E-state index contributed by atoms with van der Waals surface area (Å²) in [5.74, 6) is 0.601. The van der Waals surface area contributed by atoms with E-state index in [-0.39, 0.29) is 0 Å². The summed E-state index contributed by atoms with van der Waals surface area (Å²) in [5.41, 5.74) is 3.28. The molecule has 0 radical (unpaired) electrons. The molecule has 0 amide bonds. The molecule has 0 aliphatic heterocycles. The fourth-order valence-electron chi connectivity index (χ4n) is 2.15. The van der Waals surface area contributed by atoms with Crippen molar-refractivity contribution in [3.05, 3.63) is 41.5 Å². The maximum atomic E-state index is 2.36. The Labute approximate surface area is 86.7 Å². The summed E-state index contributed by atoms with van der Waals surface area (Å²) in [6.45, 7) is 6.98. The normalized spacial score (nSPS) is 19.8. The minimum atomic E-state index is 0.378. The first-order valence-electron chi connectivity index (χ1n) is 5.42. The van der Waals surface area contributed by atoms with E-state index >= 15 is 0 Å². The third kappa shape index (κ3) is 1.39. The predicted molar refractivity (Wildman–Crippen MR) is 62.3 cm³/mol. The summed E-state index contributed by atoms with van der Waals surface area (Å²) in [6, 6.07) is 8.73. The van der Waals surface area contributed by atoms with Gasteiger partial charge in [-0.15, -0.1) is 0 Å². The Balaban J connectivity index is 2.40. The van der Waals surface area contributed by atoms with E-state index in [1.807, 2.05) is 0 Å². The fraction of sp³-hybridized carbons (Fsp3) is 0.429. The fourth-order valence-corrected chi connectivity index (χ4v) is 2.15. The average molecular weight is 186 g/mol. The van der Waals surface area contributed by atoms with Gasteiger partial charge < -0.3 is 0 Å². The standard InChI is InChI=1S/C14H18/c1-4-14(2,3)13-10-9-11-7-5-6-8-12(11)13/h5-10,13H,4H2,1-3H3. The average Bonchev–Trinajstić information content (AvgIpc) is 2.61. The van der Waals surface area contributed by atoms with Crippen molar-refractivity contribution in [3.63, 3.8) is 0 Å². The first-order valence-corrected chi connectivity index (χ1v) is 5.42. The molecule has 0 N–H and O–H groups in total. The van der Waals surface area contributed by atoms with Gasteiger partial charge >= 0.3 is 0 Å². The van der Waals surface area contributed by atoms with Gasteiger partial charge in [-0.1, -0.05) is 63.6 Å².